The minimum Gasteiger partial charge on any atom is -0.310 e. The molecule has 1 aromatic heterocycles. The Morgan fingerprint density at radius 2 is 1.00 bits per heavy atom. The summed E-state index contributed by atoms with van der Waals surface area (Å²) < 4.78 is 2.50. The van der Waals surface area contributed by atoms with E-state index < -0.39 is 0 Å². The summed E-state index contributed by atoms with van der Waals surface area (Å²) >= 11 is 0. The molecule has 10 rings (SSSR count). The van der Waals surface area contributed by atoms with Crippen molar-refractivity contribution in [1.82, 2.24) is 4.57 Å². The first-order valence-corrected chi connectivity index (χ1v) is 17.7. The molecule has 1 aliphatic carbocycles. The highest BCUT2D eigenvalue weighted by atomic mass is 15.2. The fourth-order valence-electron chi connectivity index (χ4n) is 8.98. The van der Waals surface area contributed by atoms with Gasteiger partial charge in [0, 0.05) is 33.0 Å². The molecule has 8 aromatic rings. The third-order valence-electron chi connectivity index (χ3n) is 11.6. The highest BCUT2D eigenvalue weighted by Gasteiger charge is 2.38. The molecule has 2 heterocycles. The van der Waals surface area contributed by atoms with Gasteiger partial charge in [0.25, 0.3) is 0 Å². The van der Waals surface area contributed by atoms with Gasteiger partial charge < -0.3 is 9.47 Å². The zero-order valence-electron chi connectivity index (χ0n) is 28.9. The van der Waals surface area contributed by atoms with E-state index in [1.54, 1.807) is 0 Å². The summed E-state index contributed by atoms with van der Waals surface area (Å²) in [5, 5.41) is 2.54. The van der Waals surface area contributed by atoms with Crippen LogP contribution in [0.4, 0.5) is 17.1 Å². The minimum atomic E-state index is -0.205. The Bertz CT molecular complexity index is 2640. The van der Waals surface area contributed by atoms with Crippen LogP contribution in [0, 0.1) is 0 Å². The molecule has 0 fully saturated rings. The van der Waals surface area contributed by atoms with Crippen molar-refractivity contribution in [2.45, 2.75) is 38.5 Å². The summed E-state index contributed by atoms with van der Waals surface area (Å²) in [5.74, 6) is 0. The number of rotatable bonds is 3. The maximum absolute atomic E-state index is 2.50. The van der Waals surface area contributed by atoms with Crippen LogP contribution >= 0.6 is 0 Å². The van der Waals surface area contributed by atoms with E-state index in [0.29, 0.717) is 0 Å². The summed E-state index contributed by atoms with van der Waals surface area (Å²) in [6, 6.07) is 58.5. The van der Waals surface area contributed by atoms with Gasteiger partial charge in [-0.25, -0.2) is 0 Å². The van der Waals surface area contributed by atoms with Crippen molar-refractivity contribution in [3.63, 3.8) is 0 Å². The second kappa shape index (κ2) is 10.3. The van der Waals surface area contributed by atoms with Crippen LogP contribution in [-0.4, -0.2) is 4.57 Å². The lowest BCUT2D eigenvalue weighted by atomic mass is 9.73. The molecule has 0 radical (unpaired) electrons. The van der Waals surface area contributed by atoms with Crippen LogP contribution in [0.3, 0.4) is 0 Å². The van der Waals surface area contributed by atoms with Gasteiger partial charge in [-0.3, -0.25) is 0 Å². The Labute approximate surface area is 293 Å². The zero-order valence-corrected chi connectivity index (χ0v) is 28.9. The second-order valence-electron chi connectivity index (χ2n) is 15.0. The molecule has 2 heteroatoms. The van der Waals surface area contributed by atoms with E-state index >= 15 is 0 Å². The van der Waals surface area contributed by atoms with Crippen LogP contribution in [0.2, 0.25) is 0 Å². The number of hydrogen-bond acceptors (Lipinski definition) is 1. The van der Waals surface area contributed by atoms with E-state index in [1.165, 1.54) is 83.4 Å². The number of nitrogens with zero attached hydrogens (tertiary/aromatic N) is 2. The van der Waals surface area contributed by atoms with Crippen LogP contribution in [0.25, 0.3) is 49.7 Å². The maximum atomic E-state index is 2.50. The molecule has 7 aromatic carbocycles. The van der Waals surface area contributed by atoms with Gasteiger partial charge in [0.1, 0.15) is 0 Å². The Balaban J connectivity index is 1.21. The van der Waals surface area contributed by atoms with E-state index in [9.17, 15) is 0 Å². The molecule has 2 aliphatic rings. The van der Waals surface area contributed by atoms with Crippen molar-refractivity contribution in [3.05, 3.63) is 180 Å². The van der Waals surface area contributed by atoms with Gasteiger partial charge in [-0.15, -0.1) is 0 Å². The van der Waals surface area contributed by atoms with Crippen LogP contribution in [0.15, 0.2) is 158 Å². The van der Waals surface area contributed by atoms with Crippen LogP contribution in [-0.2, 0) is 10.8 Å². The number of benzene rings is 7. The van der Waals surface area contributed by atoms with Crippen molar-refractivity contribution in [1.29, 1.82) is 0 Å². The first-order chi connectivity index (χ1) is 24.3. The van der Waals surface area contributed by atoms with Gasteiger partial charge >= 0.3 is 0 Å². The van der Waals surface area contributed by atoms with E-state index in [4.69, 9.17) is 0 Å². The first-order valence-electron chi connectivity index (χ1n) is 17.7. The Morgan fingerprint density at radius 1 is 0.380 bits per heavy atom. The lowest BCUT2D eigenvalue weighted by molar-refractivity contribution is 0.632. The SMILES string of the molecule is CC1(C)c2ccccc2-c2ccc(-n3c4ccccc4c4cc5c(cc43)C(C)(C)c3ccccc3N5c3ccc(-c4ccccc4)cc3)cc21. The quantitative estimate of drug-likeness (QED) is 0.186. The molecule has 0 atom stereocenters. The minimum absolute atomic E-state index is 0.0673. The molecule has 1 aliphatic heterocycles. The topological polar surface area (TPSA) is 8.17 Å². The molecule has 0 spiro atoms. The number of fused-ring (bicyclic) bond motifs is 8. The van der Waals surface area contributed by atoms with Gasteiger partial charge in [-0.2, -0.15) is 0 Å². The van der Waals surface area contributed by atoms with Crippen LogP contribution in [0.1, 0.15) is 49.9 Å². The van der Waals surface area contributed by atoms with Crippen LogP contribution < -0.4 is 4.90 Å². The van der Waals surface area contributed by atoms with Gasteiger partial charge in [0.05, 0.1) is 22.4 Å². The molecule has 0 unspecified atom stereocenters. The summed E-state index contributed by atoms with van der Waals surface area (Å²) in [4.78, 5) is 2.48. The smallest absolute Gasteiger partial charge is 0.0545 e. The number of para-hydroxylation sites is 2. The fraction of sp³-hybridized carbons (Fsp3) is 0.125. The van der Waals surface area contributed by atoms with Gasteiger partial charge in [-0.1, -0.05) is 137 Å². The van der Waals surface area contributed by atoms with Gasteiger partial charge in [0.2, 0.25) is 0 Å². The van der Waals surface area contributed by atoms with Crippen molar-refractivity contribution < 1.29 is 0 Å². The zero-order chi connectivity index (χ0) is 33.8. The molecular formula is C48H38N2. The predicted molar refractivity (Wildman–Crippen MR) is 211 cm³/mol. The van der Waals surface area contributed by atoms with Crippen molar-refractivity contribution >= 4 is 38.9 Å². The van der Waals surface area contributed by atoms with Crippen molar-refractivity contribution in [2.75, 3.05) is 4.90 Å². The summed E-state index contributed by atoms with van der Waals surface area (Å²) in [6.45, 7) is 9.50. The molecular weight excluding hydrogens is 605 g/mol. The second-order valence-corrected chi connectivity index (χ2v) is 15.0. The average Bonchev–Trinajstić information content (AvgIpc) is 3.59. The number of anilines is 3. The lowest BCUT2D eigenvalue weighted by Crippen LogP contribution is -2.30. The lowest BCUT2D eigenvalue weighted by Gasteiger charge is -2.42. The number of hydrogen-bond donors (Lipinski definition) is 0. The largest absolute Gasteiger partial charge is 0.310 e. The third kappa shape index (κ3) is 3.96. The summed E-state index contributed by atoms with van der Waals surface area (Å²) in [5.41, 5.74) is 17.6. The fourth-order valence-corrected chi connectivity index (χ4v) is 8.98. The highest BCUT2D eigenvalue weighted by molar-refractivity contribution is 6.12. The summed E-state index contributed by atoms with van der Waals surface area (Å²) in [6.07, 6.45) is 0. The highest BCUT2D eigenvalue weighted by Crippen LogP contribution is 2.54. The molecule has 2 nitrogen and oxygen atoms in total. The van der Waals surface area contributed by atoms with E-state index in [2.05, 4.69) is 195 Å². The average molecular weight is 643 g/mol. The van der Waals surface area contributed by atoms with E-state index in [-0.39, 0.29) is 10.8 Å². The maximum Gasteiger partial charge on any atom is 0.0545 e. The molecule has 0 N–H and O–H groups in total. The molecule has 0 bridgehead atoms. The van der Waals surface area contributed by atoms with Crippen molar-refractivity contribution in [2.24, 2.45) is 0 Å². The standard InChI is InChI=1S/C48H38N2/c1-47(2)39-18-10-8-16-35(39)36-27-26-34(28-41(36)47)50-43-20-12-9-17-37(43)38-29-46-42(30-45(38)50)48(3,4)40-19-11-13-21-44(40)49(46)33-24-22-32(23-25-33)31-14-6-5-7-15-31/h5-30H,1-4H3. The van der Waals surface area contributed by atoms with Crippen LogP contribution in [0.5, 0.6) is 0 Å². The Morgan fingerprint density at radius 3 is 1.82 bits per heavy atom. The normalized spacial score (nSPS) is 15.1. The van der Waals surface area contributed by atoms with E-state index in [1.807, 2.05) is 0 Å². The molecule has 0 amide bonds. The third-order valence-corrected chi connectivity index (χ3v) is 11.6. The molecule has 240 valence electrons. The van der Waals surface area contributed by atoms with Crippen molar-refractivity contribution in [3.8, 4) is 27.9 Å². The molecule has 0 saturated carbocycles. The van der Waals surface area contributed by atoms with Gasteiger partial charge in [-0.05, 0) is 93.0 Å². The first kappa shape index (κ1) is 29.1. The Hall–Kier alpha value is -5.86. The van der Waals surface area contributed by atoms with Gasteiger partial charge in [0.15, 0.2) is 0 Å². The molecule has 50 heavy (non-hydrogen) atoms. The summed E-state index contributed by atoms with van der Waals surface area (Å²) in [7, 11) is 0. The number of aromatic nitrogens is 1. The molecule has 0 saturated heterocycles. The predicted octanol–water partition coefficient (Wildman–Crippen LogP) is 12.9. The van der Waals surface area contributed by atoms with E-state index in [0.717, 1.165) is 5.69 Å². The monoisotopic (exact) mass is 642 g/mol. The Kier molecular flexibility index (Phi) is 6.01.